The third-order valence-electron chi connectivity index (χ3n) is 10.5. The average Bonchev–Trinajstić information content (AvgIpc) is 3.77. The lowest BCUT2D eigenvalue weighted by molar-refractivity contribution is 0.922. The molecule has 4 heteroatoms. The lowest BCUT2D eigenvalue weighted by Crippen LogP contribution is -2.11. The van der Waals surface area contributed by atoms with Crippen LogP contribution in [0, 0.1) is 11.3 Å². The highest BCUT2D eigenvalue weighted by Crippen LogP contribution is 2.42. The van der Waals surface area contributed by atoms with Crippen LogP contribution in [0.3, 0.4) is 0 Å². The van der Waals surface area contributed by atoms with Crippen molar-refractivity contribution in [1.29, 1.82) is 5.26 Å². The van der Waals surface area contributed by atoms with E-state index in [0.29, 0.717) is 5.56 Å². The van der Waals surface area contributed by atoms with E-state index in [2.05, 4.69) is 141 Å². The third-order valence-corrected chi connectivity index (χ3v) is 10.5. The molecular weight excluding hydrogens is 573 g/mol. The van der Waals surface area contributed by atoms with Gasteiger partial charge in [0.15, 0.2) is 0 Å². The van der Waals surface area contributed by atoms with Crippen molar-refractivity contribution in [2.45, 2.75) is 38.5 Å². The molecule has 47 heavy (non-hydrogen) atoms. The SMILES string of the molecule is N#Cc1c(-n2c3c(c4c2C=CCC4)CCC=C3)cc(-n2c3ccccc3c3ccccc32)cc1-n1c2c(c3ccccc31)CCC=C2. The van der Waals surface area contributed by atoms with Gasteiger partial charge >= 0.3 is 0 Å². The lowest BCUT2D eigenvalue weighted by atomic mass is 9.94. The second-order valence-electron chi connectivity index (χ2n) is 12.9. The van der Waals surface area contributed by atoms with E-state index in [4.69, 9.17) is 0 Å². The van der Waals surface area contributed by atoms with Crippen LogP contribution in [0.2, 0.25) is 0 Å². The van der Waals surface area contributed by atoms with Crippen LogP contribution in [0.1, 0.15) is 58.6 Å². The Kier molecular flexibility index (Phi) is 5.68. The summed E-state index contributed by atoms with van der Waals surface area (Å²) < 4.78 is 7.14. The summed E-state index contributed by atoms with van der Waals surface area (Å²) in [6.07, 6.45) is 19.9. The number of fused-ring (bicyclic) bond motifs is 9. The van der Waals surface area contributed by atoms with Gasteiger partial charge in [-0.05, 0) is 104 Å². The maximum atomic E-state index is 11.2. The Bertz CT molecular complexity index is 2490. The second kappa shape index (κ2) is 10.1. The normalized spacial score (nSPS) is 14.9. The number of hydrogen-bond acceptors (Lipinski definition) is 1. The summed E-state index contributed by atoms with van der Waals surface area (Å²) in [6.45, 7) is 0. The van der Waals surface area contributed by atoms with Crippen molar-refractivity contribution >= 4 is 50.9 Å². The van der Waals surface area contributed by atoms with Crippen molar-refractivity contribution in [2.24, 2.45) is 0 Å². The molecule has 0 unspecified atom stereocenters. The van der Waals surface area contributed by atoms with Crippen molar-refractivity contribution in [1.82, 2.24) is 13.7 Å². The van der Waals surface area contributed by atoms with Gasteiger partial charge < -0.3 is 13.7 Å². The fraction of sp³-hybridized carbons (Fsp3) is 0.140. The Hall–Kier alpha value is -5.79. The largest absolute Gasteiger partial charge is 0.309 e. The summed E-state index contributed by atoms with van der Waals surface area (Å²) in [5, 5.41) is 14.9. The van der Waals surface area contributed by atoms with E-state index in [1.807, 2.05) is 0 Å². The van der Waals surface area contributed by atoms with Crippen molar-refractivity contribution < 1.29 is 0 Å². The number of benzene rings is 4. The smallest absolute Gasteiger partial charge is 0.104 e. The van der Waals surface area contributed by atoms with Gasteiger partial charge in [0.25, 0.3) is 0 Å². The highest BCUT2D eigenvalue weighted by atomic mass is 15.1. The number of hydrogen-bond donors (Lipinski definition) is 0. The van der Waals surface area contributed by atoms with Gasteiger partial charge in [0.2, 0.25) is 0 Å². The Morgan fingerprint density at radius 2 is 0.936 bits per heavy atom. The summed E-state index contributed by atoms with van der Waals surface area (Å²) >= 11 is 0. The third kappa shape index (κ3) is 3.69. The molecule has 0 saturated heterocycles. The molecule has 0 spiro atoms. The Morgan fingerprint density at radius 3 is 1.49 bits per heavy atom. The van der Waals surface area contributed by atoms with Gasteiger partial charge in [-0.3, -0.25) is 0 Å². The van der Waals surface area contributed by atoms with E-state index in [1.165, 1.54) is 49.9 Å². The van der Waals surface area contributed by atoms with Crippen LogP contribution in [0.4, 0.5) is 0 Å². The zero-order valence-electron chi connectivity index (χ0n) is 26.1. The maximum absolute atomic E-state index is 11.2. The van der Waals surface area contributed by atoms with Gasteiger partial charge in [-0.15, -0.1) is 0 Å². The molecule has 3 aliphatic carbocycles. The van der Waals surface area contributed by atoms with Crippen LogP contribution in [0.25, 0.3) is 68.0 Å². The number of aryl methyl sites for hydroxylation is 1. The van der Waals surface area contributed by atoms with Crippen LogP contribution in [-0.2, 0) is 19.3 Å². The molecule has 0 fully saturated rings. The zero-order valence-corrected chi connectivity index (χ0v) is 26.1. The van der Waals surface area contributed by atoms with Crippen LogP contribution >= 0.6 is 0 Å². The molecule has 0 saturated carbocycles. The summed E-state index contributed by atoms with van der Waals surface area (Å²) in [7, 11) is 0. The summed E-state index contributed by atoms with van der Waals surface area (Å²) in [4.78, 5) is 0. The van der Waals surface area contributed by atoms with Crippen LogP contribution in [-0.4, -0.2) is 13.7 Å². The average molecular weight is 605 g/mol. The zero-order chi connectivity index (χ0) is 31.1. The molecule has 10 rings (SSSR count). The molecule has 3 aliphatic rings. The van der Waals surface area contributed by atoms with Crippen molar-refractivity contribution in [3.8, 4) is 23.1 Å². The number of nitriles is 1. The van der Waals surface area contributed by atoms with E-state index < -0.39 is 0 Å². The monoisotopic (exact) mass is 604 g/mol. The molecular formula is C43H32N4. The molecule has 4 aromatic carbocycles. The fourth-order valence-corrected chi connectivity index (χ4v) is 8.56. The molecule has 0 radical (unpaired) electrons. The van der Waals surface area contributed by atoms with Gasteiger partial charge in [0, 0.05) is 33.2 Å². The topological polar surface area (TPSA) is 38.6 Å². The molecule has 7 aromatic rings. The molecule has 224 valence electrons. The Balaban J connectivity index is 1.39. The van der Waals surface area contributed by atoms with Gasteiger partial charge in [-0.1, -0.05) is 72.8 Å². The number of rotatable bonds is 3. The number of para-hydroxylation sites is 3. The predicted octanol–water partition coefficient (Wildman–Crippen LogP) is 10.3. The minimum absolute atomic E-state index is 0.690. The fourth-order valence-electron chi connectivity index (χ4n) is 8.56. The highest BCUT2D eigenvalue weighted by Gasteiger charge is 2.28. The highest BCUT2D eigenvalue weighted by molar-refractivity contribution is 6.09. The molecule has 0 bridgehead atoms. The molecule has 0 aliphatic heterocycles. The minimum Gasteiger partial charge on any atom is -0.309 e. The van der Waals surface area contributed by atoms with Crippen molar-refractivity contribution in [3.63, 3.8) is 0 Å². The number of nitrogens with zero attached hydrogens (tertiary/aromatic N) is 4. The number of allylic oxidation sites excluding steroid dienone is 3. The van der Waals surface area contributed by atoms with Crippen LogP contribution in [0.5, 0.6) is 0 Å². The summed E-state index contributed by atoms with van der Waals surface area (Å²) in [6, 6.07) is 33.3. The minimum atomic E-state index is 0.690. The van der Waals surface area contributed by atoms with Crippen molar-refractivity contribution in [2.75, 3.05) is 0 Å². The molecule has 0 atom stereocenters. The second-order valence-corrected chi connectivity index (χ2v) is 12.9. The van der Waals surface area contributed by atoms with Gasteiger partial charge in [0.05, 0.1) is 33.6 Å². The van der Waals surface area contributed by atoms with Gasteiger partial charge in [-0.25, -0.2) is 0 Å². The van der Waals surface area contributed by atoms with Gasteiger partial charge in [-0.2, -0.15) is 5.26 Å². The summed E-state index contributed by atoms with van der Waals surface area (Å²) in [5.74, 6) is 0. The molecule has 4 nitrogen and oxygen atoms in total. The van der Waals surface area contributed by atoms with E-state index in [9.17, 15) is 5.26 Å². The Labute approximate surface area is 273 Å². The first-order valence-electron chi connectivity index (χ1n) is 16.8. The first-order chi connectivity index (χ1) is 23.3. The van der Waals surface area contributed by atoms with Gasteiger partial charge in [0.1, 0.15) is 11.6 Å². The molecule has 3 aromatic heterocycles. The number of aromatic nitrogens is 3. The molecule has 3 heterocycles. The predicted molar refractivity (Wildman–Crippen MR) is 194 cm³/mol. The van der Waals surface area contributed by atoms with Crippen molar-refractivity contribution in [3.05, 3.63) is 142 Å². The summed E-state index contributed by atoms with van der Waals surface area (Å²) in [5.41, 5.74) is 14.9. The first-order valence-corrected chi connectivity index (χ1v) is 16.8. The van der Waals surface area contributed by atoms with E-state index in [-0.39, 0.29) is 0 Å². The lowest BCUT2D eigenvalue weighted by Gasteiger charge is -2.21. The Morgan fingerprint density at radius 1 is 0.489 bits per heavy atom. The first kappa shape index (κ1) is 26.4. The molecule has 0 N–H and O–H groups in total. The molecule has 0 amide bonds. The maximum Gasteiger partial charge on any atom is 0.104 e. The van der Waals surface area contributed by atoms with Crippen LogP contribution < -0.4 is 0 Å². The van der Waals surface area contributed by atoms with Crippen LogP contribution in [0.15, 0.2) is 103 Å². The van der Waals surface area contributed by atoms with E-state index >= 15 is 0 Å². The van der Waals surface area contributed by atoms with E-state index in [0.717, 1.165) is 72.1 Å². The standard InChI is InChI=1S/C43H32N4/c44-27-35-42(46-38-21-9-3-15-31(38)32-16-4-10-22-39(32)46)25-28(45-36-19-7-1-13-29(36)30-14-2-8-20-37(30)45)26-43(35)47-40-23-11-5-17-33(40)34-18-6-12-24-41(34)47/h1-3,7-15,19-26H,4-6,16-18H2. The quantitative estimate of drug-likeness (QED) is 0.198. The van der Waals surface area contributed by atoms with E-state index in [1.54, 1.807) is 0 Å².